The molecule has 0 radical (unpaired) electrons. The first-order chi connectivity index (χ1) is 11.1. The number of nitrogens with zero attached hydrogens (tertiary/aromatic N) is 1. The number of hydrogen-bond donors (Lipinski definition) is 1. The van der Waals surface area contributed by atoms with Crippen LogP contribution in [0.5, 0.6) is 0 Å². The van der Waals surface area contributed by atoms with Gasteiger partial charge in [-0.05, 0) is 68.3 Å². The molecule has 23 heavy (non-hydrogen) atoms. The van der Waals surface area contributed by atoms with Gasteiger partial charge in [-0.15, -0.1) is 0 Å². The Balaban J connectivity index is 1.63. The van der Waals surface area contributed by atoms with E-state index < -0.39 is 0 Å². The lowest BCUT2D eigenvalue weighted by Crippen LogP contribution is -2.37. The number of rotatable bonds is 4. The summed E-state index contributed by atoms with van der Waals surface area (Å²) < 4.78 is 0. The Hall–Kier alpha value is -1.06. The highest BCUT2D eigenvalue weighted by Crippen LogP contribution is 2.34. The Morgan fingerprint density at radius 3 is 3.00 bits per heavy atom. The average Bonchev–Trinajstić information content (AvgIpc) is 3.05. The fourth-order valence-electron chi connectivity index (χ4n) is 4.05. The quantitative estimate of drug-likeness (QED) is 0.901. The zero-order valence-corrected chi connectivity index (χ0v) is 14.7. The summed E-state index contributed by atoms with van der Waals surface area (Å²) in [5.41, 5.74) is 1.18. The SMILES string of the molecule is CC(CC(=O)N1CCCC1c1cccc(Cl)c1)C1CCCNC1. The Kier molecular flexibility index (Phi) is 5.60. The minimum absolute atomic E-state index is 0.206. The summed E-state index contributed by atoms with van der Waals surface area (Å²) in [6.45, 7) is 5.30. The van der Waals surface area contributed by atoms with Crippen LogP contribution in [-0.4, -0.2) is 30.4 Å². The van der Waals surface area contributed by atoms with Crippen molar-refractivity contribution in [3.63, 3.8) is 0 Å². The molecule has 0 aromatic heterocycles. The van der Waals surface area contributed by atoms with E-state index in [0.29, 0.717) is 24.2 Å². The summed E-state index contributed by atoms with van der Waals surface area (Å²) in [5, 5.41) is 4.21. The van der Waals surface area contributed by atoms with E-state index >= 15 is 0 Å². The predicted octanol–water partition coefficient (Wildman–Crippen LogP) is 4.03. The molecule has 1 aromatic rings. The van der Waals surface area contributed by atoms with E-state index in [1.54, 1.807) is 0 Å². The number of hydrogen-bond acceptors (Lipinski definition) is 2. The van der Waals surface area contributed by atoms with Gasteiger partial charge in [-0.3, -0.25) is 4.79 Å². The van der Waals surface area contributed by atoms with Crippen molar-refractivity contribution in [1.82, 2.24) is 10.2 Å². The molecule has 0 saturated carbocycles. The largest absolute Gasteiger partial charge is 0.336 e. The first kappa shape index (κ1) is 16.8. The molecule has 1 aromatic carbocycles. The van der Waals surface area contributed by atoms with Gasteiger partial charge in [0.05, 0.1) is 6.04 Å². The first-order valence-corrected chi connectivity index (χ1v) is 9.28. The fourth-order valence-corrected chi connectivity index (χ4v) is 4.25. The highest BCUT2D eigenvalue weighted by atomic mass is 35.5. The van der Waals surface area contributed by atoms with Crippen LogP contribution >= 0.6 is 11.6 Å². The lowest BCUT2D eigenvalue weighted by atomic mass is 9.85. The Morgan fingerprint density at radius 2 is 2.26 bits per heavy atom. The summed E-state index contributed by atoms with van der Waals surface area (Å²) >= 11 is 6.13. The standard InChI is InChI=1S/C19H27ClN2O/c1-14(16-6-3-9-21-13-16)11-19(23)22-10-4-8-18(22)15-5-2-7-17(20)12-15/h2,5,7,12,14,16,18,21H,3-4,6,8-11,13H2,1H3. The number of nitrogens with one attached hydrogen (secondary N) is 1. The summed E-state index contributed by atoms with van der Waals surface area (Å²) in [5.74, 6) is 1.40. The van der Waals surface area contributed by atoms with Crippen LogP contribution in [0.4, 0.5) is 0 Å². The molecular formula is C19H27ClN2O. The molecule has 2 aliphatic heterocycles. The summed E-state index contributed by atoms with van der Waals surface area (Å²) in [6.07, 6.45) is 5.29. The topological polar surface area (TPSA) is 32.3 Å². The van der Waals surface area contributed by atoms with Gasteiger partial charge in [0.1, 0.15) is 0 Å². The second-order valence-corrected chi connectivity index (χ2v) is 7.52. The molecule has 1 amide bonds. The molecule has 2 heterocycles. The van der Waals surface area contributed by atoms with Crippen LogP contribution in [0.25, 0.3) is 0 Å². The number of halogens is 1. The molecule has 0 spiro atoms. The number of likely N-dealkylation sites (tertiary alicyclic amines) is 1. The summed E-state index contributed by atoms with van der Waals surface area (Å²) in [6, 6.07) is 8.18. The van der Waals surface area contributed by atoms with E-state index in [1.807, 2.05) is 18.2 Å². The molecule has 1 N–H and O–H groups in total. The lowest BCUT2D eigenvalue weighted by molar-refractivity contribution is -0.133. The second kappa shape index (κ2) is 7.67. The minimum Gasteiger partial charge on any atom is -0.336 e. The molecular weight excluding hydrogens is 308 g/mol. The van der Waals surface area contributed by atoms with E-state index in [2.05, 4.69) is 23.2 Å². The van der Waals surface area contributed by atoms with Crippen molar-refractivity contribution in [2.24, 2.45) is 11.8 Å². The van der Waals surface area contributed by atoms with E-state index in [1.165, 1.54) is 18.4 Å². The third-order valence-corrected chi connectivity index (χ3v) is 5.68. The third kappa shape index (κ3) is 4.07. The van der Waals surface area contributed by atoms with Crippen molar-refractivity contribution in [2.45, 2.75) is 45.1 Å². The molecule has 2 aliphatic rings. The number of amides is 1. The minimum atomic E-state index is 0.206. The predicted molar refractivity (Wildman–Crippen MR) is 94.5 cm³/mol. The van der Waals surface area contributed by atoms with Gasteiger partial charge in [0, 0.05) is 18.0 Å². The van der Waals surface area contributed by atoms with Gasteiger partial charge in [-0.1, -0.05) is 30.7 Å². The zero-order valence-electron chi connectivity index (χ0n) is 13.9. The van der Waals surface area contributed by atoms with Gasteiger partial charge in [0.2, 0.25) is 5.91 Å². The van der Waals surface area contributed by atoms with Crippen molar-refractivity contribution in [3.05, 3.63) is 34.9 Å². The molecule has 2 fully saturated rings. The maximum absolute atomic E-state index is 12.8. The smallest absolute Gasteiger partial charge is 0.223 e. The van der Waals surface area contributed by atoms with Crippen molar-refractivity contribution in [2.75, 3.05) is 19.6 Å². The van der Waals surface area contributed by atoms with Gasteiger partial charge in [0.15, 0.2) is 0 Å². The second-order valence-electron chi connectivity index (χ2n) is 7.09. The molecule has 3 rings (SSSR count). The van der Waals surface area contributed by atoms with Crippen LogP contribution in [0, 0.1) is 11.8 Å². The number of benzene rings is 1. The monoisotopic (exact) mass is 334 g/mol. The van der Waals surface area contributed by atoms with E-state index in [-0.39, 0.29) is 6.04 Å². The van der Waals surface area contributed by atoms with E-state index in [0.717, 1.165) is 37.5 Å². The Morgan fingerprint density at radius 1 is 1.39 bits per heavy atom. The van der Waals surface area contributed by atoms with Crippen molar-refractivity contribution in [1.29, 1.82) is 0 Å². The van der Waals surface area contributed by atoms with Crippen LogP contribution in [0.15, 0.2) is 24.3 Å². The van der Waals surface area contributed by atoms with Crippen molar-refractivity contribution in [3.8, 4) is 0 Å². The molecule has 3 unspecified atom stereocenters. The number of carbonyl (C=O) groups excluding carboxylic acids is 1. The molecule has 0 bridgehead atoms. The fraction of sp³-hybridized carbons (Fsp3) is 0.632. The van der Waals surface area contributed by atoms with Crippen LogP contribution < -0.4 is 5.32 Å². The van der Waals surface area contributed by atoms with Crippen LogP contribution in [0.2, 0.25) is 5.02 Å². The van der Waals surface area contributed by atoms with E-state index in [9.17, 15) is 4.79 Å². The third-order valence-electron chi connectivity index (χ3n) is 5.44. The van der Waals surface area contributed by atoms with Crippen LogP contribution in [0.1, 0.15) is 50.6 Å². The highest BCUT2D eigenvalue weighted by molar-refractivity contribution is 6.30. The normalized spacial score (nSPS) is 26.3. The van der Waals surface area contributed by atoms with Crippen molar-refractivity contribution < 1.29 is 4.79 Å². The zero-order chi connectivity index (χ0) is 16.2. The van der Waals surface area contributed by atoms with Crippen LogP contribution in [-0.2, 0) is 4.79 Å². The number of piperidine rings is 1. The van der Waals surface area contributed by atoms with E-state index in [4.69, 9.17) is 11.6 Å². The molecule has 3 atom stereocenters. The van der Waals surface area contributed by atoms with Crippen molar-refractivity contribution >= 4 is 17.5 Å². The summed E-state index contributed by atoms with van der Waals surface area (Å²) in [4.78, 5) is 14.9. The molecule has 126 valence electrons. The average molecular weight is 335 g/mol. The Labute approximate surface area is 144 Å². The number of carbonyl (C=O) groups is 1. The van der Waals surface area contributed by atoms with Gasteiger partial charge in [-0.2, -0.15) is 0 Å². The molecule has 3 nitrogen and oxygen atoms in total. The maximum atomic E-state index is 12.8. The summed E-state index contributed by atoms with van der Waals surface area (Å²) in [7, 11) is 0. The van der Waals surface area contributed by atoms with Gasteiger partial charge >= 0.3 is 0 Å². The molecule has 2 saturated heterocycles. The lowest BCUT2D eigenvalue weighted by Gasteiger charge is -2.31. The van der Waals surface area contributed by atoms with Gasteiger partial charge in [-0.25, -0.2) is 0 Å². The highest BCUT2D eigenvalue weighted by Gasteiger charge is 2.32. The first-order valence-electron chi connectivity index (χ1n) is 8.91. The van der Waals surface area contributed by atoms with Crippen LogP contribution in [0.3, 0.4) is 0 Å². The molecule has 4 heteroatoms. The Bertz CT molecular complexity index is 542. The van der Waals surface area contributed by atoms with Gasteiger partial charge in [0.25, 0.3) is 0 Å². The van der Waals surface area contributed by atoms with Gasteiger partial charge < -0.3 is 10.2 Å². The maximum Gasteiger partial charge on any atom is 0.223 e. The molecule has 0 aliphatic carbocycles.